The highest BCUT2D eigenvalue weighted by atomic mass is 32.1. The first-order chi connectivity index (χ1) is 22.7. The molecule has 3 nitrogen and oxygen atoms in total. The molecule has 3 atom stereocenters. The predicted molar refractivity (Wildman–Crippen MR) is 210 cm³/mol. The molecule has 7 heteroatoms. The van der Waals surface area contributed by atoms with Crippen molar-refractivity contribution in [1.82, 2.24) is 4.90 Å². The van der Waals surface area contributed by atoms with Crippen molar-refractivity contribution in [2.24, 2.45) is 17.8 Å². The highest BCUT2D eigenvalue weighted by Gasteiger charge is 2.50. The van der Waals surface area contributed by atoms with Gasteiger partial charge in [0.15, 0.2) is 0 Å². The summed E-state index contributed by atoms with van der Waals surface area (Å²) in [5, 5.41) is 3.38. The molecule has 0 fully saturated rings. The number of rotatable bonds is 19. The first-order valence-electron chi connectivity index (χ1n) is 18.9. The van der Waals surface area contributed by atoms with Crippen LogP contribution in [-0.4, -0.2) is 31.3 Å². The minimum absolute atomic E-state index is 0.0553. The Kier molecular flexibility index (Phi) is 12.5. The van der Waals surface area contributed by atoms with Gasteiger partial charge in [0.1, 0.15) is 8.07 Å². The molecule has 0 aliphatic carbocycles. The van der Waals surface area contributed by atoms with Crippen LogP contribution in [-0.2, 0) is 0 Å². The summed E-state index contributed by atoms with van der Waals surface area (Å²) in [7, 11) is -2.07. The van der Waals surface area contributed by atoms with Gasteiger partial charge in [-0.25, -0.2) is 0 Å². The topological polar surface area (TPSA) is 37.4 Å². The number of unbranched alkanes of at least 4 members (excludes halogenated alkanes) is 3. The minimum atomic E-state index is -2.07. The minimum Gasteiger partial charge on any atom is -0.274 e. The van der Waals surface area contributed by atoms with Crippen LogP contribution in [0.4, 0.5) is 0 Å². The molecule has 0 radical (unpaired) electrons. The second-order valence-electron chi connectivity index (χ2n) is 14.7. The molecule has 3 aromatic heterocycles. The monoisotopic (exact) mass is 709 g/mol. The van der Waals surface area contributed by atoms with E-state index in [9.17, 15) is 9.59 Å². The highest BCUT2D eigenvalue weighted by molar-refractivity contribution is 7.32. The van der Waals surface area contributed by atoms with Gasteiger partial charge in [-0.05, 0) is 72.6 Å². The van der Waals surface area contributed by atoms with E-state index in [4.69, 9.17) is 0 Å². The van der Waals surface area contributed by atoms with Crippen molar-refractivity contribution in [2.75, 3.05) is 6.54 Å². The number of aryl methyl sites for hydroxylation is 2. The van der Waals surface area contributed by atoms with Gasteiger partial charge in [0.25, 0.3) is 11.8 Å². The van der Waals surface area contributed by atoms with Crippen molar-refractivity contribution in [2.45, 2.75) is 145 Å². The van der Waals surface area contributed by atoms with E-state index in [0.29, 0.717) is 23.6 Å². The predicted octanol–water partition coefficient (Wildman–Crippen LogP) is 11.9. The van der Waals surface area contributed by atoms with E-state index in [-0.39, 0.29) is 11.8 Å². The second kappa shape index (κ2) is 16.0. The standard InChI is InChI=1S/C40H59NO2S3Si/c1-9-15-18-28(12-4)23-41-39(42)34-27(8)45-36(35(34)40(41)43)31-22-33-38(46-31)37-32(21-26(7)44-37)47(33,24-29(13-5)19-16-10-2)25-30(14-6)20-17-11-3/h21-22,28-30H,9-20,23-25H2,1-8H3. The molecule has 0 aromatic carbocycles. The third-order valence-electron chi connectivity index (χ3n) is 11.4. The summed E-state index contributed by atoms with van der Waals surface area (Å²) in [6.07, 6.45) is 14.7. The van der Waals surface area contributed by atoms with Gasteiger partial charge in [0, 0.05) is 30.9 Å². The number of hydrogen-bond donors (Lipinski definition) is 0. The number of fused-ring (bicyclic) bond motifs is 4. The van der Waals surface area contributed by atoms with E-state index in [2.05, 4.69) is 67.5 Å². The molecule has 5 heterocycles. The van der Waals surface area contributed by atoms with Gasteiger partial charge in [-0.3, -0.25) is 14.5 Å². The summed E-state index contributed by atoms with van der Waals surface area (Å²) in [5.41, 5.74) is 1.38. The van der Waals surface area contributed by atoms with Crippen LogP contribution in [0, 0.1) is 31.6 Å². The average Bonchev–Trinajstić information content (AvgIpc) is 3.85. The Morgan fingerprint density at radius 2 is 1.15 bits per heavy atom. The molecule has 0 spiro atoms. The SMILES string of the molecule is CCCCC(CC)CN1C(=O)c2c(C)sc(-c3cc4c(s3)-c3sc(C)cc3[Si]4(CC(CC)CCCC)CC(CC)CCCC)c2C1=O. The van der Waals surface area contributed by atoms with Crippen LogP contribution in [0.1, 0.15) is 149 Å². The number of nitrogens with zero attached hydrogens (tertiary/aromatic N) is 1. The fourth-order valence-corrected chi connectivity index (χ4v) is 20.1. The van der Waals surface area contributed by atoms with E-state index in [1.54, 1.807) is 26.6 Å². The summed E-state index contributed by atoms with van der Waals surface area (Å²) in [6, 6.07) is 7.84. The Hall–Kier alpha value is -1.54. The lowest BCUT2D eigenvalue weighted by molar-refractivity contribution is 0.0624. The summed E-state index contributed by atoms with van der Waals surface area (Å²) in [6.45, 7) is 18.8. The maximum Gasteiger partial charge on any atom is 0.263 e. The molecule has 2 amide bonds. The smallest absolute Gasteiger partial charge is 0.263 e. The Balaban J connectivity index is 1.60. The van der Waals surface area contributed by atoms with Crippen LogP contribution in [0.5, 0.6) is 0 Å². The Labute approximate surface area is 298 Å². The zero-order valence-electron chi connectivity index (χ0n) is 30.5. The Bertz CT molecular complexity index is 1530. The molecule has 0 saturated heterocycles. The summed E-state index contributed by atoms with van der Waals surface area (Å²) in [5.74, 6) is 1.77. The highest BCUT2D eigenvalue weighted by Crippen LogP contribution is 2.50. The number of amides is 2. The van der Waals surface area contributed by atoms with E-state index in [1.807, 2.05) is 22.7 Å². The Morgan fingerprint density at radius 3 is 1.70 bits per heavy atom. The van der Waals surface area contributed by atoms with Crippen LogP contribution in [0.3, 0.4) is 0 Å². The molecule has 2 aliphatic rings. The van der Waals surface area contributed by atoms with Crippen molar-refractivity contribution in [3.05, 3.63) is 33.0 Å². The number of imide groups is 1. The molecular formula is C40H59NO2S3Si. The quantitative estimate of drug-likeness (QED) is 0.0918. The van der Waals surface area contributed by atoms with Crippen LogP contribution in [0.15, 0.2) is 12.1 Å². The molecule has 0 saturated carbocycles. The lowest BCUT2D eigenvalue weighted by atomic mass is 9.99. The average molecular weight is 710 g/mol. The van der Waals surface area contributed by atoms with Crippen molar-refractivity contribution >= 4 is 64.3 Å². The molecule has 3 unspecified atom stereocenters. The molecular weight excluding hydrogens is 651 g/mol. The molecule has 3 aromatic rings. The van der Waals surface area contributed by atoms with Crippen molar-refractivity contribution in [3.8, 4) is 19.5 Å². The molecule has 0 bridgehead atoms. The lowest BCUT2D eigenvalue weighted by Crippen LogP contribution is -2.56. The lowest BCUT2D eigenvalue weighted by Gasteiger charge is -2.35. The van der Waals surface area contributed by atoms with E-state index in [1.165, 1.54) is 83.0 Å². The number of carbonyl (C=O) groups is 2. The maximum absolute atomic E-state index is 14.1. The van der Waals surface area contributed by atoms with Crippen molar-refractivity contribution in [1.29, 1.82) is 0 Å². The number of hydrogen-bond acceptors (Lipinski definition) is 5. The normalized spacial score (nSPS) is 18.9. The number of carbonyl (C=O) groups excluding carboxylic acids is 2. The third kappa shape index (κ3) is 7.07. The summed E-state index contributed by atoms with van der Waals surface area (Å²) < 4.78 is 0. The van der Waals surface area contributed by atoms with Gasteiger partial charge in [0.05, 0.1) is 16.0 Å². The third-order valence-corrected chi connectivity index (χ3v) is 20.8. The fraction of sp³-hybridized carbons (Fsp3) is 0.650. The van der Waals surface area contributed by atoms with Gasteiger partial charge in [0.2, 0.25) is 0 Å². The van der Waals surface area contributed by atoms with Crippen molar-refractivity contribution in [3.63, 3.8) is 0 Å². The fourth-order valence-electron chi connectivity index (χ4n) is 8.49. The van der Waals surface area contributed by atoms with Crippen LogP contribution in [0.25, 0.3) is 19.5 Å². The van der Waals surface area contributed by atoms with Crippen molar-refractivity contribution < 1.29 is 9.59 Å². The van der Waals surface area contributed by atoms with E-state index in [0.717, 1.165) is 47.3 Å². The zero-order valence-corrected chi connectivity index (χ0v) is 33.9. The van der Waals surface area contributed by atoms with Gasteiger partial charge in [-0.1, -0.05) is 112 Å². The molecule has 47 heavy (non-hydrogen) atoms. The zero-order chi connectivity index (χ0) is 33.9. The van der Waals surface area contributed by atoms with E-state index < -0.39 is 8.07 Å². The first-order valence-corrected chi connectivity index (χ1v) is 23.8. The van der Waals surface area contributed by atoms with Gasteiger partial charge in [-0.2, -0.15) is 0 Å². The first kappa shape index (κ1) is 36.7. The largest absolute Gasteiger partial charge is 0.274 e. The Morgan fingerprint density at radius 1 is 0.638 bits per heavy atom. The maximum atomic E-state index is 14.1. The van der Waals surface area contributed by atoms with Crippen LogP contribution >= 0.6 is 34.0 Å². The molecule has 5 rings (SSSR count). The van der Waals surface area contributed by atoms with Crippen LogP contribution in [0.2, 0.25) is 12.1 Å². The summed E-state index contributed by atoms with van der Waals surface area (Å²) in [4.78, 5) is 37.3. The van der Waals surface area contributed by atoms with Gasteiger partial charge in [-0.15, -0.1) is 34.0 Å². The molecule has 258 valence electrons. The van der Waals surface area contributed by atoms with Gasteiger partial charge < -0.3 is 0 Å². The molecule has 2 aliphatic heterocycles. The second-order valence-corrected chi connectivity index (χ2v) is 22.2. The summed E-state index contributed by atoms with van der Waals surface area (Å²) >= 11 is 5.61. The molecule has 0 N–H and O–H groups in total. The van der Waals surface area contributed by atoms with Gasteiger partial charge >= 0.3 is 0 Å². The number of thiophene rings is 3. The van der Waals surface area contributed by atoms with Crippen LogP contribution < -0.4 is 10.4 Å². The van der Waals surface area contributed by atoms with E-state index >= 15 is 0 Å².